The fourth-order valence-corrected chi connectivity index (χ4v) is 5.28. The van der Waals surface area contributed by atoms with E-state index in [0.717, 1.165) is 42.5 Å². The summed E-state index contributed by atoms with van der Waals surface area (Å²) < 4.78 is 11.7. The van der Waals surface area contributed by atoms with Gasteiger partial charge in [-0.25, -0.2) is 9.98 Å². The quantitative estimate of drug-likeness (QED) is 0.615. The van der Waals surface area contributed by atoms with Crippen LogP contribution in [-0.4, -0.2) is 36.2 Å². The molecule has 148 valence electrons. The molecule has 1 aliphatic heterocycles. The first-order chi connectivity index (χ1) is 13.8. The summed E-state index contributed by atoms with van der Waals surface area (Å²) in [5, 5.41) is 7.15. The minimum Gasteiger partial charge on any atom is -0.443 e. The highest BCUT2D eigenvalue weighted by Crippen LogP contribution is 2.62. The minimum atomic E-state index is 0.334. The Kier molecular flexibility index (Phi) is 4.59. The Morgan fingerprint density at radius 1 is 1.29 bits per heavy atom. The summed E-state index contributed by atoms with van der Waals surface area (Å²) in [5.74, 6) is 2.28. The molecular formula is C22H28N4O2. The van der Waals surface area contributed by atoms with Crippen LogP contribution in [0.1, 0.15) is 38.3 Å². The maximum atomic E-state index is 6.04. The smallest absolute Gasteiger partial charge is 0.191 e. The number of hydrogen-bond acceptors (Lipinski definition) is 4. The Hall–Kier alpha value is -2.34. The van der Waals surface area contributed by atoms with Gasteiger partial charge in [0, 0.05) is 36.1 Å². The molecule has 0 radical (unpaired) electrons. The van der Waals surface area contributed by atoms with Gasteiger partial charge in [-0.05, 0) is 26.2 Å². The van der Waals surface area contributed by atoms with Crippen molar-refractivity contribution in [3.05, 3.63) is 42.4 Å². The molecule has 6 nitrogen and oxygen atoms in total. The van der Waals surface area contributed by atoms with Crippen molar-refractivity contribution in [1.29, 1.82) is 0 Å². The molecule has 6 heteroatoms. The average molecular weight is 380 g/mol. The molecule has 3 atom stereocenters. The van der Waals surface area contributed by atoms with E-state index in [2.05, 4.69) is 22.5 Å². The third kappa shape index (κ3) is 2.82. The lowest BCUT2D eigenvalue weighted by atomic mass is 9.46. The van der Waals surface area contributed by atoms with Crippen molar-refractivity contribution in [2.45, 2.75) is 51.3 Å². The van der Waals surface area contributed by atoms with Crippen LogP contribution in [0.25, 0.3) is 11.3 Å². The van der Waals surface area contributed by atoms with Gasteiger partial charge in [-0.1, -0.05) is 36.8 Å². The third-order valence-electron chi connectivity index (χ3n) is 6.74. The molecule has 2 heterocycles. The van der Waals surface area contributed by atoms with Crippen molar-refractivity contribution in [1.82, 2.24) is 15.6 Å². The standard InChI is InChI=1S/C22H28N4O2/c1-2-23-21(26-19-16-9-12-27-20(16)22(19)10-6-11-22)24-13-17-18(28-14-25-17)15-7-4-3-5-8-15/h3-5,7-8,14,16,19-20H,2,6,9-13H2,1H3,(H2,23,24,26). The van der Waals surface area contributed by atoms with Crippen LogP contribution in [0.5, 0.6) is 0 Å². The summed E-state index contributed by atoms with van der Waals surface area (Å²) in [5.41, 5.74) is 2.22. The molecule has 2 saturated carbocycles. The molecule has 2 N–H and O–H groups in total. The number of benzene rings is 1. The number of rotatable bonds is 5. The summed E-state index contributed by atoms with van der Waals surface area (Å²) in [7, 11) is 0. The van der Waals surface area contributed by atoms with Gasteiger partial charge in [0.2, 0.25) is 0 Å². The van der Waals surface area contributed by atoms with Gasteiger partial charge in [0.1, 0.15) is 5.69 Å². The van der Waals surface area contributed by atoms with Gasteiger partial charge in [-0.2, -0.15) is 0 Å². The van der Waals surface area contributed by atoms with E-state index < -0.39 is 0 Å². The fourth-order valence-electron chi connectivity index (χ4n) is 5.28. The van der Waals surface area contributed by atoms with E-state index in [1.807, 2.05) is 30.3 Å². The molecule has 2 aliphatic carbocycles. The first kappa shape index (κ1) is 17.7. The number of fused-ring (bicyclic) bond motifs is 2. The molecule has 3 fully saturated rings. The summed E-state index contributed by atoms with van der Waals surface area (Å²) in [6, 6.07) is 10.5. The Morgan fingerprint density at radius 3 is 2.89 bits per heavy atom. The van der Waals surface area contributed by atoms with E-state index in [9.17, 15) is 0 Å². The van der Waals surface area contributed by atoms with E-state index in [1.54, 1.807) is 0 Å². The zero-order chi connectivity index (χ0) is 19.0. The predicted octanol–water partition coefficient (Wildman–Crippen LogP) is 3.35. The average Bonchev–Trinajstić information content (AvgIpc) is 3.31. The number of nitrogens with zero attached hydrogens (tertiary/aromatic N) is 2. The molecule has 0 bridgehead atoms. The number of aromatic nitrogens is 1. The summed E-state index contributed by atoms with van der Waals surface area (Å²) in [6.07, 6.45) is 6.98. The second kappa shape index (κ2) is 7.24. The van der Waals surface area contributed by atoms with Crippen LogP contribution in [0.2, 0.25) is 0 Å². The van der Waals surface area contributed by atoms with Crippen LogP contribution in [0.3, 0.4) is 0 Å². The molecule has 1 saturated heterocycles. The molecule has 5 rings (SSSR count). The maximum absolute atomic E-state index is 6.04. The number of hydrogen-bond donors (Lipinski definition) is 2. The van der Waals surface area contributed by atoms with E-state index >= 15 is 0 Å². The first-order valence-electron chi connectivity index (χ1n) is 10.5. The molecule has 3 unspecified atom stereocenters. The number of aliphatic imine (C=N–C) groups is 1. The van der Waals surface area contributed by atoms with Crippen molar-refractivity contribution in [3.8, 4) is 11.3 Å². The lowest BCUT2D eigenvalue weighted by Crippen LogP contribution is -2.72. The molecule has 2 aromatic rings. The second-order valence-corrected chi connectivity index (χ2v) is 8.14. The highest BCUT2D eigenvalue weighted by atomic mass is 16.5. The maximum Gasteiger partial charge on any atom is 0.191 e. The normalized spacial score (nSPS) is 27.8. The highest BCUT2D eigenvalue weighted by Gasteiger charge is 2.66. The molecule has 3 aliphatic rings. The van der Waals surface area contributed by atoms with Crippen LogP contribution in [0.15, 0.2) is 46.1 Å². The molecular weight excluding hydrogens is 352 g/mol. The van der Waals surface area contributed by atoms with Crippen LogP contribution >= 0.6 is 0 Å². The van der Waals surface area contributed by atoms with E-state index in [0.29, 0.717) is 30.0 Å². The zero-order valence-electron chi connectivity index (χ0n) is 16.4. The lowest BCUT2D eigenvalue weighted by Gasteiger charge is -2.63. The van der Waals surface area contributed by atoms with Crippen LogP contribution in [-0.2, 0) is 11.3 Å². The summed E-state index contributed by atoms with van der Waals surface area (Å²) in [4.78, 5) is 9.23. The predicted molar refractivity (Wildman–Crippen MR) is 108 cm³/mol. The largest absolute Gasteiger partial charge is 0.443 e. The number of oxazole rings is 1. The zero-order valence-corrected chi connectivity index (χ0v) is 16.4. The van der Waals surface area contributed by atoms with Crippen LogP contribution in [0.4, 0.5) is 0 Å². The Balaban J connectivity index is 1.32. The van der Waals surface area contributed by atoms with Gasteiger partial charge in [-0.3, -0.25) is 0 Å². The first-order valence-corrected chi connectivity index (χ1v) is 10.5. The van der Waals surface area contributed by atoms with Crippen molar-refractivity contribution in [3.63, 3.8) is 0 Å². The topological polar surface area (TPSA) is 71.7 Å². The summed E-state index contributed by atoms with van der Waals surface area (Å²) in [6.45, 7) is 4.33. The van der Waals surface area contributed by atoms with Gasteiger partial charge in [0.15, 0.2) is 18.1 Å². The minimum absolute atomic E-state index is 0.334. The Bertz CT molecular complexity index is 843. The van der Waals surface area contributed by atoms with Gasteiger partial charge >= 0.3 is 0 Å². The second-order valence-electron chi connectivity index (χ2n) is 8.14. The fraction of sp³-hybridized carbons (Fsp3) is 0.545. The molecule has 1 aromatic carbocycles. The van der Waals surface area contributed by atoms with Crippen LogP contribution in [0, 0.1) is 11.3 Å². The number of guanidine groups is 1. The van der Waals surface area contributed by atoms with E-state index in [4.69, 9.17) is 14.1 Å². The SMILES string of the molecule is CCNC(=NCc1ncoc1-c1ccccc1)NC1C2CCOC2C12CCC2. The lowest BCUT2D eigenvalue weighted by molar-refractivity contribution is -0.171. The van der Waals surface area contributed by atoms with Crippen LogP contribution < -0.4 is 10.6 Å². The van der Waals surface area contributed by atoms with Crippen molar-refractivity contribution in [2.24, 2.45) is 16.3 Å². The molecule has 1 spiro atoms. The number of ether oxygens (including phenoxy) is 1. The summed E-state index contributed by atoms with van der Waals surface area (Å²) >= 11 is 0. The van der Waals surface area contributed by atoms with E-state index in [-0.39, 0.29) is 0 Å². The van der Waals surface area contributed by atoms with Gasteiger partial charge in [0.25, 0.3) is 0 Å². The monoisotopic (exact) mass is 380 g/mol. The highest BCUT2D eigenvalue weighted by molar-refractivity contribution is 5.80. The molecule has 1 aromatic heterocycles. The Labute approximate surface area is 165 Å². The van der Waals surface area contributed by atoms with Crippen molar-refractivity contribution < 1.29 is 9.15 Å². The van der Waals surface area contributed by atoms with Crippen molar-refractivity contribution in [2.75, 3.05) is 13.2 Å². The van der Waals surface area contributed by atoms with Gasteiger partial charge in [-0.15, -0.1) is 0 Å². The van der Waals surface area contributed by atoms with Gasteiger partial charge in [0.05, 0.1) is 12.6 Å². The molecule has 28 heavy (non-hydrogen) atoms. The molecule has 0 amide bonds. The third-order valence-corrected chi connectivity index (χ3v) is 6.74. The van der Waals surface area contributed by atoms with Gasteiger partial charge < -0.3 is 19.8 Å². The van der Waals surface area contributed by atoms with Crippen molar-refractivity contribution >= 4 is 5.96 Å². The van der Waals surface area contributed by atoms with E-state index in [1.165, 1.54) is 25.7 Å². The number of nitrogens with one attached hydrogen (secondary N) is 2. The Morgan fingerprint density at radius 2 is 2.14 bits per heavy atom.